The Morgan fingerprint density at radius 3 is 2.60 bits per heavy atom. The third-order valence-electron chi connectivity index (χ3n) is 5.29. The maximum absolute atomic E-state index is 15.3. The Kier molecular flexibility index (Phi) is 5.34. The normalized spacial score (nSPS) is 16.1. The van der Waals surface area contributed by atoms with Crippen molar-refractivity contribution in [2.75, 3.05) is 20.3 Å². The number of carbonyl (C=O) groups excluding carboxylic acids is 1. The Hall–Kier alpha value is -3.13. The van der Waals surface area contributed by atoms with E-state index in [1.54, 1.807) is 24.6 Å². The second-order valence-electron chi connectivity index (χ2n) is 7.31. The lowest BCUT2D eigenvalue weighted by Gasteiger charge is -2.17. The average molecular weight is 413 g/mol. The largest absolute Gasteiger partial charge is 0.481 e. The Morgan fingerprint density at radius 2 is 1.93 bits per heavy atom. The molecule has 0 N–H and O–H groups in total. The van der Waals surface area contributed by atoms with Crippen molar-refractivity contribution in [3.63, 3.8) is 0 Å². The molecule has 30 heavy (non-hydrogen) atoms. The number of rotatable bonds is 5. The van der Waals surface area contributed by atoms with Crippen LogP contribution in [0.25, 0.3) is 22.4 Å². The summed E-state index contributed by atoms with van der Waals surface area (Å²) in [6, 6.07) is 3.85. The molecule has 0 saturated carbocycles. The highest BCUT2D eigenvalue weighted by atomic mass is 19.1. The van der Waals surface area contributed by atoms with Crippen molar-refractivity contribution in [1.82, 2.24) is 14.8 Å². The summed E-state index contributed by atoms with van der Waals surface area (Å²) in [5.74, 6) is -1.09. The van der Waals surface area contributed by atoms with Crippen LogP contribution in [0.1, 0.15) is 34.1 Å². The zero-order chi connectivity index (χ0) is 21.4. The summed E-state index contributed by atoms with van der Waals surface area (Å²) in [4.78, 5) is 15.8. The highest BCUT2D eigenvalue weighted by molar-refractivity contribution is 5.87. The molecule has 156 valence electrons. The minimum Gasteiger partial charge on any atom is -0.481 e. The van der Waals surface area contributed by atoms with Gasteiger partial charge in [0.15, 0.2) is 6.29 Å². The van der Waals surface area contributed by atoms with Crippen molar-refractivity contribution < 1.29 is 23.0 Å². The lowest BCUT2D eigenvalue weighted by molar-refractivity contribution is 0.112. The molecule has 1 saturated heterocycles. The van der Waals surface area contributed by atoms with Gasteiger partial charge < -0.3 is 9.47 Å². The van der Waals surface area contributed by atoms with Gasteiger partial charge in [-0.25, -0.2) is 13.8 Å². The van der Waals surface area contributed by atoms with Crippen LogP contribution in [0.5, 0.6) is 5.88 Å². The van der Waals surface area contributed by atoms with Crippen molar-refractivity contribution in [3.8, 4) is 28.3 Å². The lowest BCUT2D eigenvalue weighted by Crippen LogP contribution is -2.12. The molecule has 3 aromatic rings. The topological polar surface area (TPSA) is 66.2 Å². The molecule has 4 rings (SSSR count). The van der Waals surface area contributed by atoms with Crippen molar-refractivity contribution in [2.24, 2.45) is 0 Å². The number of pyridine rings is 1. The molecule has 0 spiro atoms. The van der Waals surface area contributed by atoms with Crippen LogP contribution in [0.3, 0.4) is 0 Å². The summed E-state index contributed by atoms with van der Waals surface area (Å²) < 4.78 is 42.8. The van der Waals surface area contributed by atoms with Crippen LogP contribution in [-0.2, 0) is 4.74 Å². The molecule has 1 atom stereocenters. The molecule has 0 amide bonds. The molecule has 0 radical (unpaired) electrons. The van der Waals surface area contributed by atoms with Crippen LogP contribution in [0.15, 0.2) is 24.4 Å². The highest BCUT2D eigenvalue weighted by Crippen LogP contribution is 2.38. The molecule has 0 aliphatic carbocycles. The molecule has 1 aromatic carbocycles. The van der Waals surface area contributed by atoms with Gasteiger partial charge in [-0.15, -0.1) is 0 Å². The van der Waals surface area contributed by atoms with E-state index in [4.69, 9.17) is 9.47 Å². The maximum Gasteiger partial charge on any atom is 0.221 e. The van der Waals surface area contributed by atoms with E-state index >= 15 is 8.78 Å². The Balaban J connectivity index is 1.89. The molecule has 1 fully saturated rings. The van der Waals surface area contributed by atoms with Crippen molar-refractivity contribution in [2.45, 2.75) is 26.3 Å². The third kappa shape index (κ3) is 3.37. The predicted octanol–water partition coefficient (Wildman–Crippen LogP) is 4.29. The molecule has 3 heterocycles. The molecular weight excluding hydrogens is 392 g/mol. The van der Waals surface area contributed by atoms with Gasteiger partial charge in [0.2, 0.25) is 5.88 Å². The predicted molar refractivity (Wildman–Crippen MR) is 107 cm³/mol. The van der Waals surface area contributed by atoms with Crippen molar-refractivity contribution >= 4 is 6.29 Å². The molecular formula is C22H21F2N3O3. The summed E-state index contributed by atoms with van der Waals surface area (Å²) in [6.45, 7) is 4.54. The summed E-state index contributed by atoms with van der Waals surface area (Å²) >= 11 is 0. The molecule has 8 heteroatoms. The first-order chi connectivity index (χ1) is 14.4. The van der Waals surface area contributed by atoms with Gasteiger partial charge in [-0.2, -0.15) is 5.10 Å². The molecule has 6 nitrogen and oxygen atoms in total. The number of ether oxygens (including phenoxy) is 2. The summed E-state index contributed by atoms with van der Waals surface area (Å²) in [5, 5.41) is 4.23. The van der Waals surface area contributed by atoms with E-state index in [-0.39, 0.29) is 34.3 Å². The molecule has 2 aromatic heterocycles. The van der Waals surface area contributed by atoms with Crippen molar-refractivity contribution in [3.05, 3.63) is 52.9 Å². The van der Waals surface area contributed by atoms with Crippen molar-refractivity contribution in [1.29, 1.82) is 0 Å². The fourth-order valence-electron chi connectivity index (χ4n) is 3.93. The fourth-order valence-corrected chi connectivity index (χ4v) is 3.93. The number of nitrogens with zero attached hydrogens (tertiary/aromatic N) is 3. The number of aryl methyl sites for hydroxylation is 2. The first kappa shape index (κ1) is 20.2. The monoisotopic (exact) mass is 413 g/mol. The molecule has 0 unspecified atom stereocenters. The van der Waals surface area contributed by atoms with E-state index in [9.17, 15) is 4.79 Å². The number of benzene rings is 1. The van der Waals surface area contributed by atoms with Crippen LogP contribution in [-0.4, -0.2) is 41.4 Å². The van der Waals surface area contributed by atoms with Gasteiger partial charge in [0.1, 0.15) is 11.6 Å². The van der Waals surface area contributed by atoms with Crippen LogP contribution in [0, 0.1) is 25.5 Å². The first-order valence-corrected chi connectivity index (χ1v) is 9.57. The van der Waals surface area contributed by atoms with Gasteiger partial charge >= 0.3 is 0 Å². The van der Waals surface area contributed by atoms with Gasteiger partial charge in [0.25, 0.3) is 0 Å². The van der Waals surface area contributed by atoms with Crippen LogP contribution >= 0.6 is 0 Å². The zero-order valence-corrected chi connectivity index (χ0v) is 16.9. The molecule has 1 aliphatic rings. The minimum atomic E-state index is -0.669. The Morgan fingerprint density at radius 1 is 1.20 bits per heavy atom. The van der Waals surface area contributed by atoms with Gasteiger partial charge in [0, 0.05) is 29.0 Å². The van der Waals surface area contributed by atoms with E-state index in [1.807, 2.05) is 0 Å². The van der Waals surface area contributed by atoms with E-state index in [2.05, 4.69) is 10.1 Å². The lowest BCUT2D eigenvalue weighted by atomic mass is 9.97. The number of methoxy groups -OCH3 is 1. The van der Waals surface area contributed by atoms with Gasteiger partial charge in [0.05, 0.1) is 37.2 Å². The number of hydrogen-bond donors (Lipinski definition) is 0. The number of aldehydes is 1. The maximum atomic E-state index is 15.3. The number of carbonyl (C=O) groups is 1. The van der Waals surface area contributed by atoms with Crippen LogP contribution in [0.4, 0.5) is 8.78 Å². The average Bonchev–Trinajstić information content (AvgIpc) is 3.38. The van der Waals surface area contributed by atoms with Gasteiger partial charge in [-0.05, 0) is 44.0 Å². The molecule has 1 aliphatic heterocycles. The summed E-state index contributed by atoms with van der Waals surface area (Å²) in [7, 11) is 1.44. The SMILES string of the molecule is COc1nc(C)cc(C)c1-c1cc(F)c(-c2c(C=O)cnn2[C@H]2CCOC2)cc1F. The zero-order valence-electron chi connectivity index (χ0n) is 16.9. The highest BCUT2D eigenvalue weighted by Gasteiger charge is 2.27. The molecule has 0 bridgehead atoms. The smallest absolute Gasteiger partial charge is 0.221 e. The van der Waals surface area contributed by atoms with Crippen LogP contribution < -0.4 is 4.74 Å². The Bertz CT molecular complexity index is 1120. The summed E-state index contributed by atoms with van der Waals surface area (Å²) in [6.07, 6.45) is 2.64. The van der Waals surface area contributed by atoms with E-state index < -0.39 is 11.6 Å². The minimum absolute atomic E-state index is 0.0283. The quantitative estimate of drug-likeness (QED) is 0.584. The number of hydrogen-bond acceptors (Lipinski definition) is 5. The van der Waals surface area contributed by atoms with E-state index in [1.165, 1.54) is 13.3 Å². The van der Waals surface area contributed by atoms with E-state index in [0.717, 1.165) is 12.1 Å². The number of halogens is 2. The second kappa shape index (κ2) is 7.95. The standard InChI is InChI=1S/C22H21F2N3O3/c1-12-6-13(2)26-22(29-3)20(12)16-7-19(24)17(8-18(16)23)21-14(10-28)9-25-27(21)15-4-5-30-11-15/h6-10,15H,4-5,11H2,1-3H3/t15-/m0/s1. The van der Waals surface area contributed by atoms with Crippen LogP contribution in [0.2, 0.25) is 0 Å². The van der Waals surface area contributed by atoms with Gasteiger partial charge in [-0.1, -0.05) is 0 Å². The first-order valence-electron chi connectivity index (χ1n) is 9.57. The van der Waals surface area contributed by atoms with E-state index in [0.29, 0.717) is 42.7 Å². The van der Waals surface area contributed by atoms with Gasteiger partial charge in [-0.3, -0.25) is 9.48 Å². The third-order valence-corrected chi connectivity index (χ3v) is 5.29. The number of aromatic nitrogens is 3. The Labute approximate surface area is 172 Å². The second-order valence-corrected chi connectivity index (χ2v) is 7.31. The summed E-state index contributed by atoms with van der Waals surface area (Å²) in [5.41, 5.74) is 2.27. The fraction of sp³-hybridized carbons (Fsp3) is 0.318.